The van der Waals surface area contributed by atoms with Crippen molar-refractivity contribution in [3.63, 3.8) is 0 Å². The topological polar surface area (TPSA) is 90.4 Å². The number of ether oxygens (including phenoxy) is 1. The van der Waals surface area contributed by atoms with Gasteiger partial charge in [0.2, 0.25) is 0 Å². The Morgan fingerprint density at radius 3 is 3.04 bits per heavy atom. The molecule has 1 aromatic carbocycles. The second-order valence-electron chi connectivity index (χ2n) is 5.10. The van der Waals surface area contributed by atoms with Crippen molar-refractivity contribution in [3.05, 3.63) is 60.9 Å². The van der Waals surface area contributed by atoms with Crippen molar-refractivity contribution in [3.8, 4) is 11.4 Å². The number of hydrogen-bond acceptors (Lipinski definition) is 7. The summed E-state index contributed by atoms with van der Waals surface area (Å²) in [5.74, 6) is 1.95. The molecule has 3 heterocycles. The molecule has 4 aromatic rings. The first kappa shape index (κ1) is 14.9. The number of aromatic nitrogens is 4. The molecule has 0 spiro atoms. The van der Waals surface area contributed by atoms with Crippen LogP contribution in [0.15, 0.2) is 64.7 Å². The summed E-state index contributed by atoms with van der Waals surface area (Å²) in [6.07, 6.45) is 6.31. The first-order chi connectivity index (χ1) is 12.3. The summed E-state index contributed by atoms with van der Waals surface area (Å²) in [5.41, 5.74) is 4.40. The van der Waals surface area contributed by atoms with E-state index in [4.69, 9.17) is 9.15 Å². The Bertz CT molecular complexity index is 1020. The smallest absolute Gasteiger partial charge is 0.168 e. The molecule has 25 heavy (non-hydrogen) atoms. The molecule has 0 aliphatic rings. The number of methoxy groups -OCH3 is 1. The standard InChI is InChI=1S/C17H14N6O2/c1-24-13-5-2-4-12(8-13)23-17-15(10-21-23)16(18-11-19-17)22-20-9-14-6-3-7-25-14/h2-11H,1H3,(H,18,19,22)/b20-9+. The lowest BCUT2D eigenvalue weighted by Gasteiger charge is -2.05. The average Bonchev–Trinajstić information content (AvgIpc) is 3.32. The van der Waals surface area contributed by atoms with E-state index in [1.165, 1.54) is 6.33 Å². The van der Waals surface area contributed by atoms with Crippen molar-refractivity contribution >= 4 is 23.1 Å². The SMILES string of the molecule is COc1cccc(-n2ncc3c(N/N=C/c4ccco4)ncnc32)c1. The summed E-state index contributed by atoms with van der Waals surface area (Å²) in [6, 6.07) is 11.2. The fraction of sp³-hybridized carbons (Fsp3) is 0.0588. The van der Waals surface area contributed by atoms with Gasteiger partial charge in [0, 0.05) is 6.07 Å². The zero-order valence-electron chi connectivity index (χ0n) is 13.3. The third-order valence-corrected chi connectivity index (χ3v) is 3.57. The number of hydrogen-bond donors (Lipinski definition) is 1. The average molecular weight is 334 g/mol. The third kappa shape index (κ3) is 2.92. The van der Waals surface area contributed by atoms with Gasteiger partial charge >= 0.3 is 0 Å². The van der Waals surface area contributed by atoms with Crippen molar-refractivity contribution < 1.29 is 9.15 Å². The van der Waals surface area contributed by atoms with E-state index in [1.54, 1.807) is 36.5 Å². The van der Waals surface area contributed by atoms with Gasteiger partial charge in [0.15, 0.2) is 11.5 Å². The van der Waals surface area contributed by atoms with E-state index in [0.29, 0.717) is 17.2 Å². The van der Waals surface area contributed by atoms with Gasteiger partial charge in [0.25, 0.3) is 0 Å². The molecule has 0 radical (unpaired) electrons. The van der Waals surface area contributed by atoms with Crippen molar-refractivity contribution in [2.24, 2.45) is 5.10 Å². The zero-order chi connectivity index (χ0) is 17.1. The number of hydrazone groups is 1. The van der Waals surface area contributed by atoms with Crippen LogP contribution in [0.2, 0.25) is 0 Å². The number of anilines is 1. The minimum atomic E-state index is 0.557. The lowest BCUT2D eigenvalue weighted by atomic mass is 10.3. The number of nitrogens with zero attached hydrogens (tertiary/aromatic N) is 5. The Kier molecular flexibility index (Phi) is 3.83. The molecular weight excluding hydrogens is 320 g/mol. The van der Waals surface area contributed by atoms with Crippen LogP contribution in [0.3, 0.4) is 0 Å². The Hall–Kier alpha value is -3.68. The van der Waals surface area contributed by atoms with Crippen molar-refractivity contribution in [2.45, 2.75) is 0 Å². The van der Waals surface area contributed by atoms with Crippen LogP contribution in [-0.4, -0.2) is 33.1 Å². The van der Waals surface area contributed by atoms with Gasteiger partial charge in [-0.1, -0.05) is 6.07 Å². The molecule has 1 N–H and O–H groups in total. The van der Waals surface area contributed by atoms with Crippen LogP contribution in [0.25, 0.3) is 16.7 Å². The van der Waals surface area contributed by atoms with Gasteiger partial charge < -0.3 is 9.15 Å². The Morgan fingerprint density at radius 2 is 2.20 bits per heavy atom. The van der Waals surface area contributed by atoms with Crippen molar-refractivity contribution in [2.75, 3.05) is 12.5 Å². The maximum Gasteiger partial charge on any atom is 0.168 e. The van der Waals surface area contributed by atoms with E-state index in [9.17, 15) is 0 Å². The molecule has 0 fully saturated rings. The fourth-order valence-electron chi connectivity index (χ4n) is 2.39. The van der Waals surface area contributed by atoms with E-state index in [-0.39, 0.29) is 0 Å². The van der Waals surface area contributed by atoms with Crippen LogP contribution >= 0.6 is 0 Å². The van der Waals surface area contributed by atoms with Gasteiger partial charge in [0.05, 0.1) is 36.9 Å². The van der Waals surface area contributed by atoms with Gasteiger partial charge in [-0.15, -0.1) is 0 Å². The van der Waals surface area contributed by atoms with E-state index in [2.05, 4.69) is 25.6 Å². The van der Waals surface area contributed by atoms with Crippen LogP contribution < -0.4 is 10.2 Å². The first-order valence-corrected chi connectivity index (χ1v) is 7.51. The molecule has 3 aromatic heterocycles. The van der Waals surface area contributed by atoms with Crippen LogP contribution in [0, 0.1) is 0 Å². The molecule has 8 heteroatoms. The monoisotopic (exact) mass is 334 g/mol. The molecule has 124 valence electrons. The normalized spacial score (nSPS) is 11.2. The molecule has 0 saturated carbocycles. The predicted molar refractivity (Wildman–Crippen MR) is 93.1 cm³/mol. The Morgan fingerprint density at radius 1 is 1.24 bits per heavy atom. The van der Waals surface area contributed by atoms with E-state index < -0.39 is 0 Å². The van der Waals surface area contributed by atoms with Crippen LogP contribution in [0.5, 0.6) is 5.75 Å². The number of benzene rings is 1. The second kappa shape index (κ2) is 6.44. The van der Waals surface area contributed by atoms with Crippen LogP contribution in [0.1, 0.15) is 5.76 Å². The van der Waals surface area contributed by atoms with Gasteiger partial charge in [-0.2, -0.15) is 10.2 Å². The summed E-state index contributed by atoms with van der Waals surface area (Å²) < 4.78 is 12.2. The summed E-state index contributed by atoms with van der Waals surface area (Å²) in [7, 11) is 1.63. The molecular formula is C17H14N6O2. The summed E-state index contributed by atoms with van der Waals surface area (Å²) in [4.78, 5) is 8.55. The van der Waals surface area contributed by atoms with Gasteiger partial charge in [-0.25, -0.2) is 14.6 Å². The summed E-state index contributed by atoms with van der Waals surface area (Å²) in [5, 5.41) is 9.29. The van der Waals surface area contributed by atoms with Crippen molar-refractivity contribution in [1.82, 2.24) is 19.7 Å². The quantitative estimate of drug-likeness (QED) is 0.446. The molecule has 0 aliphatic carbocycles. The molecule has 0 atom stereocenters. The molecule has 8 nitrogen and oxygen atoms in total. The van der Waals surface area contributed by atoms with Gasteiger partial charge in [-0.3, -0.25) is 5.43 Å². The highest BCUT2D eigenvalue weighted by atomic mass is 16.5. The predicted octanol–water partition coefficient (Wildman–Crippen LogP) is 2.86. The zero-order valence-corrected chi connectivity index (χ0v) is 13.3. The Labute approximate surface area is 142 Å². The van der Waals surface area contributed by atoms with Crippen LogP contribution in [0.4, 0.5) is 5.82 Å². The Balaban J connectivity index is 1.68. The minimum absolute atomic E-state index is 0.557. The molecule has 4 rings (SSSR count). The highest BCUT2D eigenvalue weighted by Gasteiger charge is 2.11. The maximum atomic E-state index is 5.26. The molecule has 0 amide bonds. The van der Waals surface area contributed by atoms with Crippen molar-refractivity contribution in [1.29, 1.82) is 0 Å². The van der Waals surface area contributed by atoms with E-state index in [0.717, 1.165) is 16.8 Å². The van der Waals surface area contributed by atoms with E-state index >= 15 is 0 Å². The van der Waals surface area contributed by atoms with Gasteiger partial charge in [-0.05, 0) is 24.3 Å². The lowest BCUT2D eigenvalue weighted by molar-refractivity contribution is 0.414. The molecule has 0 aliphatic heterocycles. The first-order valence-electron chi connectivity index (χ1n) is 7.51. The maximum absolute atomic E-state index is 5.26. The third-order valence-electron chi connectivity index (χ3n) is 3.57. The summed E-state index contributed by atoms with van der Waals surface area (Å²) in [6.45, 7) is 0. The highest BCUT2D eigenvalue weighted by molar-refractivity contribution is 5.87. The fourth-order valence-corrected chi connectivity index (χ4v) is 2.39. The van der Waals surface area contributed by atoms with Gasteiger partial charge in [0.1, 0.15) is 17.8 Å². The highest BCUT2D eigenvalue weighted by Crippen LogP contribution is 2.23. The van der Waals surface area contributed by atoms with Crippen LogP contribution in [-0.2, 0) is 0 Å². The largest absolute Gasteiger partial charge is 0.497 e. The lowest BCUT2D eigenvalue weighted by Crippen LogP contribution is -1.99. The number of furan rings is 1. The minimum Gasteiger partial charge on any atom is -0.497 e. The number of nitrogens with one attached hydrogen (secondary N) is 1. The second-order valence-corrected chi connectivity index (χ2v) is 5.10. The van der Waals surface area contributed by atoms with E-state index in [1.807, 2.05) is 30.3 Å². The number of fused-ring (bicyclic) bond motifs is 1. The molecule has 0 saturated heterocycles. The number of rotatable bonds is 5. The molecule has 0 unspecified atom stereocenters. The molecule has 0 bridgehead atoms. The summed E-state index contributed by atoms with van der Waals surface area (Å²) >= 11 is 0.